The van der Waals surface area contributed by atoms with Crippen molar-refractivity contribution in [3.8, 4) is 32.6 Å². The van der Waals surface area contributed by atoms with Crippen molar-refractivity contribution in [1.82, 2.24) is 30.4 Å². The number of hydrogen-bond donors (Lipinski definition) is 5. The standard InChI is InChI=1S/C38H40N4O5S.C37H38N4O5S.Na.H2O/c1-46-36(45)38-23-27(38)14-8-3-2-4-9-16-31(39-28-20-18-26(19-21-28)25-12-6-5-7-13-25)35(44)42-24-29(22-32(42)34(43)41-38)47-37-40-30-15-10-11-17-33(30)48-37;42-33-31-21-28(46-36-39-29-14-9-10-16-32(29)47-36)23-41(31)34(43)30(38-27-19-17-25(18-20-27)24-11-5-4-6-12-24)15-8-3-1-2-7-13-26-22-37(26,40-33)35(44)45;;/h5-8,10-15,17-21,27,29,31-32,39H,2-4,9,16,22-24H2,1H3,(H,41,43);4-7,9-14,16-20,26,28,30-31,38H,1-3,8,15,21-23H2,(H,40,42)(H,44,45);;1H2/q;;+1;/p-1/b14-8-;13-7-;;/t27-,29-,31+,32+,38-;26-,28-,30+,31+,37-;;/m11../s1. The van der Waals surface area contributed by atoms with Gasteiger partial charge in [-0.1, -0.05) is 182 Å². The van der Waals surface area contributed by atoms with Crippen LogP contribution < -0.4 is 60.3 Å². The van der Waals surface area contributed by atoms with Crippen LogP contribution in [0.15, 0.2) is 182 Å². The molecule has 6 heterocycles. The van der Waals surface area contributed by atoms with Gasteiger partial charge in [-0.25, -0.2) is 19.6 Å². The number of carbonyl (C=O) groups is 6. The summed E-state index contributed by atoms with van der Waals surface area (Å²) in [5.74, 6) is -3.14. The van der Waals surface area contributed by atoms with Crippen LogP contribution >= 0.6 is 22.7 Å². The van der Waals surface area contributed by atoms with Crippen molar-refractivity contribution >= 4 is 90.0 Å². The van der Waals surface area contributed by atoms with Crippen molar-refractivity contribution < 1.29 is 83.1 Å². The second-order valence-corrected chi connectivity index (χ2v) is 27.6. The van der Waals surface area contributed by atoms with Crippen molar-refractivity contribution in [3.63, 3.8) is 0 Å². The Bertz CT molecular complexity index is 4070. The van der Waals surface area contributed by atoms with E-state index < -0.39 is 65.3 Å². The summed E-state index contributed by atoms with van der Waals surface area (Å²) in [4.78, 5) is 94.8. The molecule has 2 aliphatic carbocycles. The molecule has 4 amide bonds. The molecule has 6 aliphatic rings. The van der Waals surface area contributed by atoms with Gasteiger partial charge in [0.15, 0.2) is 0 Å². The first-order valence-corrected chi connectivity index (χ1v) is 34.7. The minimum Gasteiger partial charge on any atom is -0.870 e. The van der Waals surface area contributed by atoms with Crippen LogP contribution in [0.2, 0.25) is 0 Å². The van der Waals surface area contributed by atoms with E-state index >= 15 is 0 Å². The Morgan fingerprint density at radius 3 is 1.37 bits per heavy atom. The van der Waals surface area contributed by atoms with Crippen LogP contribution in [0.1, 0.15) is 89.9 Å². The summed E-state index contributed by atoms with van der Waals surface area (Å²) in [6.07, 6.45) is 16.9. The van der Waals surface area contributed by atoms with Crippen molar-refractivity contribution in [2.75, 3.05) is 30.8 Å². The molecule has 2 saturated heterocycles. The zero-order chi connectivity index (χ0) is 65.5. The topological polar surface area (TPSA) is 261 Å². The molecule has 6 N–H and O–H groups in total. The number of aromatic nitrogens is 2. The Labute approximate surface area is 594 Å². The average molecular weight is 1360 g/mol. The van der Waals surface area contributed by atoms with Crippen LogP contribution in [-0.4, -0.2) is 134 Å². The number of nitrogens with zero attached hydrogens (tertiary/aromatic N) is 4. The molecule has 4 aliphatic heterocycles. The van der Waals surface area contributed by atoms with E-state index in [4.69, 9.17) is 14.2 Å². The minimum atomic E-state index is -1.35. The SMILES string of the molecule is COC(=O)[C@@]12C[C@H]1/C=C\CCCCC[C@H](Nc1ccc(-c3ccccc3)cc1)C(=O)N1C[C@H](Oc3nc4ccccc4s3)C[C@H]1C(=O)N2.O=C1N[C@]2(C(=O)O)C[C@H]2/C=C\CCCCC[C@H](Nc2ccc(-c3ccccc3)cc2)C(=O)N2C[C@H](Oc3nc4ccccc4s3)C[C@@H]12.[Na+].[OH-]. The third kappa shape index (κ3) is 16.1. The number of rotatable bonds is 12. The van der Waals surface area contributed by atoms with Gasteiger partial charge in [-0.3, -0.25) is 19.2 Å². The first-order valence-electron chi connectivity index (χ1n) is 33.1. The summed E-state index contributed by atoms with van der Waals surface area (Å²) < 4.78 is 19.8. The number of nitrogens with one attached hydrogen (secondary N) is 4. The molecule has 4 fully saturated rings. The Balaban J connectivity index is 0.000000193. The molecule has 498 valence electrons. The monoisotopic (exact) mass is 1350 g/mol. The molecule has 8 aromatic rings. The summed E-state index contributed by atoms with van der Waals surface area (Å²) in [5, 5.41) is 24.0. The Morgan fingerprint density at radius 1 is 0.536 bits per heavy atom. The number of thiazole rings is 2. The number of para-hydroxylation sites is 2. The van der Waals surface area contributed by atoms with Crippen molar-refractivity contribution in [1.29, 1.82) is 0 Å². The van der Waals surface area contributed by atoms with Gasteiger partial charge >= 0.3 is 41.5 Å². The van der Waals surface area contributed by atoms with Crippen LogP contribution in [0.4, 0.5) is 11.4 Å². The maximum Gasteiger partial charge on any atom is 1.00 e. The molecule has 22 heteroatoms. The Morgan fingerprint density at radius 2 is 0.938 bits per heavy atom. The average Bonchev–Trinajstić information content (AvgIpc) is 1.59. The van der Waals surface area contributed by atoms with Gasteiger partial charge in [-0.15, -0.1) is 0 Å². The number of aliphatic carboxylic acids is 1. The van der Waals surface area contributed by atoms with Gasteiger partial charge < -0.3 is 55.9 Å². The van der Waals surface area contributed by atoms with Crippen LogP contribution in [0.3, 0.4) is 0 Å². The summed E-state index contributed by atoms with van der Waals surface area (Å²) >= 11 is 2.87. The van der Waals surface area contributed by atoms with Crippen LogP contribution in [-0.2, 0) is 33.5 Å². The van der Waals surface area contributed by atoms with Gasteiger partial charge in [0, 0.05) is 36.1 Å². The molecule has 10 atom stereocenters. The van der Waals surface area contributed by atoms with Gasteiger partial charge in [0.05, 0.1) is 40.6 Å². The molecule has 6 aromatic carbocycles. The number of hydrogen-bond acceptors (Lipinski definition) is 16. The molecule has 0 spiro atoms. The largest absolute Gasteiger partial charge is 1.00 e. The second-order valence-electron chi connectivity index (χ2n) is 25.6. The number of carboxylic acid groups (broad SMARTS) is 1. The van der Waals surface area contributed by atoms with Crippen LogP contribution in [0.25, 0.3) is 42.7 Å². The van der Waals surface area contributed by atoms with Crippen molar-refractivity contribution in [2.24, 2.45) is 11.8 Å². The molecule has 14 rings (SSSR count). The molecule has 0 radical (unpaired) electrons. The predicted molar refractivity (Wildman–Crippen MR) is 371 cm³/mol. The van der Waals surface area contributed by atoms with E-state index in [1.165, 1.54) is 29.8 Å². The maximum atomic E-state index is 14.5. The molecular formula is C75H79N8NaO11S2. The van der Waals surface area contributed by atoms with Crippen LogP contribution in [0.5, 0.6) is 10.4 Å². The number of amides is 4. The molecular weight excluding hydrogens is 1280 g/mol. The van der Waals surface area contributed by atoms with Gasteiger partial charge in [0.25, 0.3) is 10.4 Å². The van der Waals surface area contributed by atoms with E-state index in [-0.39, 0.29) is 90.5 Å². The number of methoxy groups -OCH3 is 1. The summed E-state index contributed by atoms with van der Waals surface area (Å²) in [6.45, 7) is 0.425. The predicted octanol–water partition coefficient (Wildman–Crippen LogP) is 9.46. The van der Waals surface area contributed by atoms with E-state index in [1.807, 2.05) is 152 Å². The number of ether oxygens (including phenoxy) is 3. The second kappa shape index (κ2) is 31.4. The molecule has 0 bridgehead atoms. The van der Waals surface area contributed by atoms with E-state index in [9.17, 15) is 33.9 Å². The van der Waals surface area contributed by atoms with E-state index in [1.54, 1.807) is 9.80 Å². The van der Waals surface area contributed by atoms with Gasteiger partial charge in [0.1, 0.15) is 47.5 Å². The fourth-order valence-corrected chi connectivity index (χ4v) is 15.5. The van der Waals surface area contributed by atoms with Gasteiger partial charge in [0.2, 0.25) is 23.6 Å². The minimum absolute atomic E-state index is 0. The Kier molecular flexibility index (Phi) is 22.6. The zero-order valence-corrected chi connectivity index (χ0v) is 58.1. The number of carboxylic acids is 1. The molecule has 2 aromatic heterocycles. The first-order chi connectivity index (χ1) is 46.3. The van der Waals surface area contributed by atoms with E-state index in [0.29, 0.717) is 36.1 Å². The third-order valence-corrected chi connectivity index (χ3v) is 21.0. The summed E-state index contributed by atoms with van der Waals surface area (Å²) in [7, 11) is 1.34. The zero-order valence-electron chi connectivity index (χ0n) is 54.4. The van der Waals surface area contributed by atoms with Gasteiger partial charge in [-0.05, 0) is 122 Å². The number of carbonyl (C=O) groups excluding carboxylic acids is 5. The summed E-state index contributed by atoms with van der Waals surface area (Å²) in [5.41, 5.74) is 5.24. The number of anilines is 2. The molecule has 19 nitrogen and oxygen atoms in total. The van der Waals surface area contributed by atoms with Crippen molar-refractivity contribution in [2.45, 2.75) is 137 Å². The molecule has 0 unspecified atom stereocenters. The Hall–Kier alpha value is -8.44. The number of fused-ring (bicyclic) bond motifs is 6. The van der Waals surface area contributed by atoms with E-state index in [0.717, 1.165) is 105 Å². The fraction of sp³-hybridized carbons (Fsp3) is 0.360. The quantitative estimate of drug-likeness (QED) is 0.0433. The molecule has 97 heavy (non-hydrogen) atoms. The maximum absolute atomic E-state index is 14.5. The van der Waals surface area contributed by atoms with Crippen molar-refractivity contribution in [3.05, 3.63) is 182 Å². The number of benzene rings is 6. The fourth-order valence-electron chi connectivity index (χ4n) is 13.7. The van der Waals surface area contributed by atoms with E-state index in [2.05, 4.69) is 61.6 Å². The first kappa shape index (κ1) is 69.9. The number of esters is 1. The summed E-state index contributed by atoms with van der Waals surface area (Å²) in [6, 6.07) is 49.2. The van der Waals surface area contributed by atoms with Crippen LogP contribution in [0, 0.1) is 11.8 Å². The third-order valence-electron chi connectivity index (χ3n) is 19.2. The smallest absolute Gasteiger partial charge is 0.870 e. The normalized spacial score (nSPS) is 26.4. The molecule has 2 saturated carbocycles. The van der Waals surface area contributed by atoms with Gasteiger partial charge in [-0.2, -0.15) is 0 Å². The number of allylic oxidation sites excluding steroid dienone is 2.